The summed E-state index contributed by atoms with van der Waals surface area (Å²) in [6.45, 7) is 4.16. The second-order valence-corrected chi connectivity index (χ2v) is 6.67. The van der Waals surface area contributed by atoms with Crippen LogP contribution in [0.3, 0.4) is 0 Å². The summed E-state index contributed by atoms with van der Waals surface area (Å²) in [5, 5.41) is 3.53. The van der Waals surface area contributed by atoms with E-state index in [0.29, 0.717) is 23.3 Å². The minimum Gasteiger partial charge on any atom is -0.370 e. The van der Waals surface area contributed by atoms with Gasteiger partial charge in [0.1, 0.15) is 6.67 Å². The Balaban J connectivity index is 1.77. The number of hydrogen-bond acceptors (Lipinski definition) is 4. The van der Waals surface area contributed by atoms with Gasteiger partial charge in [-0.05, 0) is 43.5 Å². The van der Waals surface area contributed by atoms with Crippen LogP contribution in [0.1, 0.15) is 13.3 Å². The van der Waals surface area contributed by atoms with Gasteiger partial charge in [-0.3, -0.25) is 9.89 Å². The Hall–Kier alpha value is -2.05. The zero-order valence-corrected chi connectivity index (χ0v) is 14.4. The summed E-state index contributed by atoms with van der Waals surface area (Å²) in [4.78, 5) is 20.3. The maximum absolute atomic E-state index is 12.4. The van der Waals surface area contributed by atoms with Gasteiger partial charge in [0, 0.05) is 36.6 Å². The van der Waals surface area contributed by atoms with E-state index in [-0.39, 0.29) is 12.1 Å². The highest BCUT2D eigenvalue weighted by atomic mass is 35.5. The molecule has 0 saturated carbocycles. The average Bonchev–Trinajstić information content (AvgIpc) is 3.06. The van der Waals surface area contributed by atoms with Crippen molar-refractivity contribution in [2.75, 3.05) is 30.0 Å². The van der Waals surface area contributed by atoms with E-state index in [0.717, 1.165) is 25.2 Å². The molecule has 128 valence electrons. The van der Waals surface area contributed by atoms with Crippen molar-refractivity contribution >= 4 is 35.2 Å². The summed E-state index contributed by atoms with van der Waals surface area (Å²) in [5.41, 5.74) is 7.71. The number of rotatable bonds is 3. The van der Waals surface area contributed by atoms with Crippen molar-refractivity contribution in [1.82, 2.24) is 4.90 Å². The molecule has 2 aliphatic rings. The van der Waals surface area contributed by atoms with Crippen LogP contribution in [0.5, 0.6) is 0 Å². The predicted molar refractivity (Wildman–Crippen MR) is 98.8 cm³/mol. The topological polar surface area (TPSA) is 74.0 Å². The number of aliphatic imine (C=N–C) groups is 1. The quantitative estimate of drug-likeness (QED) is 0.882. The highest BCUT2D eigenvalue weighted by Gasteiger charge is 2.27. The Morgan fingerprint density at radius 1 is 1.50 bits per heavy atom. The summed E-state index contributed by atoms with van der Waals surface area (Å²) in [6, 6.07) is 5.51. The van der Waals surface area contributed by atoms with Crippen molar-refractivity contribution < 1.29 is 4.79 Å². The molecule has 0 aromatic heterocycles. The first-order valence-electron chi connectivity index (χ1n) is 8.09. The fourth-order valence-electron chi connectivity index (χ4n) is 3.02. The molecule has 0 spiro atoms. The first kappa shape index (κ1) is 16.8. The van der Waals surface area contributed by atoms with Crippen LogP contribution in [0.25, 0.3) is 0 Å². The highest BCUT2D eigenvalue weighted by Crippen LogP contribution is 2.33. The highest BCUT2D eigenvalue weighted by molar-refractivity contribution is 6.31. The number of carbonyl (C=O) groups excluding carboxylic acids is 1. The number of nitrogens with two attached hydrogens (primary N) is 1. The van der Waals surface area contributed by atoms with E-state index in [1.807, 2.05) is 19.1 Å². The molecule has 1 aromatic rings. The van der Waals surface area contributed by atoms with Crippen LogP contribution in [0, 0.1) is 5.92 Å². The predicted octanol–water partition coefficient (Wildman–Crippen LogP) is 2.90. The average molecular weight is 348 g/mol. The number of nitrogens with zero attached hydrogens (tertiary/aromatic N) is 3. The SMILES string of the molecule is CC(N)C1CCN(c2ccc(Cl)cc2NC(=O)N2C=CC=NC2)C1. The lowest BCUT2D eigenvalue weighted by atomic mass is 10.0. The fraction of sp³-hybridized carbons (Fsp3) is 0.412. The third-order valence-electron chi connectivity index (χ3n) is 4.46. The summed E-state index contributed by atoms with van der Waals surface area (Å²) >= 11 is 6.13. The van der Waals surface area contributed by atoms with Crippen LogP contribution < -0.4 is 16.0 Å². The Bertz CT molecular complexity index is 673. The van der Waals surface area contributed by atoms with Crippen LogP contribution in [0.4, 0.5) is 16.2 Å². The Morgan fingerprint density at radius 3 is 3.00 bits per heavy atom. The molecule has 6 nitrogen and oxygen atoms in total. The van der Waals surface area contributed by atoms with E-state index >= 15 is 0 Å². The molecular weight excluding hydrogens is 326 g/mol. The number of benzene rings is 1. The first-order valence-corrected chi connectivity index (χ1v) is 8.46. The van der Waals surface area contributed by atoms with Gasteiger partial charge in [0.25, 0.3) is 0 Å². The molecule has 2 atom stereocenters. The zero-order valence-electron chi connectivity index (χ0n) is 13.7. The number of nitrogens with one attached hydrogen (secondary N) is 1. The third kappa shape index (κ3) is 3.71. The van der Waals surface area contributed by atoms with E-state index < -0.39 is 0 Å². The molecule has 24 heavy (non-hydrogen) atoms. The van der Waals surface area contributed by atoms with Crippen molar-refractivity contribution in [2.24, 2.45) is 16.6 Å². The van der Waals surface area contributed by atoms with Gasteiger partial charge < -0.3 is 16.0 Å². The number of allylic oxidation sites excluding steroid dienone is 1. The third-order valence-corrected chi connectivity index (χ3v) is 4.70. The van der Waals surface area contributed by atoms with Crippen LogP contribution in [0.15, 0.2) is 35.5 Å². The fourth-order valence-corrected chi connectivity index (χ4v) is 3.20. The minimum absolute atomic E-state index is 0.164. The van der Waals surface area contributed by atoms with Crippen molar-refractivity contribution in [3.05, 3.63) is 35.5 Å². The van der Waals surface area contributed by atoms with Crippen molar-refractivity contribution in [3.63, 3.8) is 0 Å². The summed E-state index contributed by atoms with van der Waals surface area (Å²) in [6.07, 6.45) is 6.16. The van der Waals surface area contributed by atoms with Crippen LogP contribution in [0.2, 0.25) is 5.02 Å². The molecule has 1 aromatic carbocycles. The molecular formula is C17H22ClN5O. The van der Waals surface area contributed by atoms with Crippen LogP contribution in [-0.2, 0) is 0 Å². The van der Waals surface area contributed by atoms with Gasteiger partial charge in [0.2, 0.25) is 0 Å². The molecule has 0 bridgehead atoms. The molecule has 0 radical (unpaired) electrons. The van der Waals surface area contributed by atoms with Crippen molar-refractivity contribution in [2.45, 2.75) is 19.4 Å². The molecule has 1 fully saturated rings. The van der Waals surface area contributed by atoms with Crippen molar-refractivity contribution in [3.8, 4) is 0 Å². The zero-order chi connectivity index (χ0) is 17.1. The van der Waals surface area contributed by atoms with E-state index in [1.54, 1.807) is 24.6 Å². The van der Waals surface area contributed by atoms with Crippen LogP contribution in [-0.4, -0.2) is 42.9 Å². The number of hydrogen-bond donors (Lipinski definition) is 2. The number of carbonyl (C=O) groups is 1. The molecule has 7 heteroatoms. The van der Waals surface area contributed by atoms with Gasteiger partial charge in [0.05, 0.1) is 11.4 Å². The second-order valence-electron chi connectivity index (χ2n) is 6.23. The second kappa shape index (κ2) is 7.23. The van der Waals surface area contributed by atoms with Gasteiger partial charge in [0.15, 0.2) is 0 Å². The number of amides is 2. The standard InChI is InChI=1S/C17H22ClN5O/c1-12(19)13-5-8-22(10-13)16-4-3-14(18)9-15(16)21-17(24)23-7-2-6-20-11-23/h2-4,6-7,9,12-13H,5,8,10-11,19H2,1H3,(H,21,24). The maximum Gasteiger partial charge on any atom is 0.327 e. The van der Waals surface area contributed by atoms with Gasteiger partial charge in [-0.2, -0.15) is 0 Å². The molecule has 0 aliphatic carbocycles. The van der Waals surface area contributed by atoms with Gasteiger partial charge in [-0.15, -0.1) is 0 Å². The van der Waals surface area contributed by atoms with Gasteiger partial charge >= 0.3 is 6.03 Å². The van der Waals surface area contributed by atoms with E-state index in [2.05, 4.69) is 15.2 Å². The number of halogens is 1. The Kier molecular flexibility index (Phi) is 5.06. The molecule has 2 aliphatic heterocycles. The smallest absolute Gasteiger partial charge is 0.327 e. The normalized spacial score (nSPS) is 21.2. The molecule has 2 unspecified atom stereocenters. The molecule has 2 heterocycles. The number of urea groups is 1. The Labute approximate surface area is 147 Å². The summed E-state index contributed by atoms with van der Waals surface area (Å²) in [7, 11) is 0. The lowest BCUT2D eigenvalue weighted by Crippen LogP contribution is -2.33. The van der Waals surface area contributed by atoms with Crippen LogP contribution >= 0.6 is 11.6 Å². The Morgan fingerprint density at radius 2 is 2.33 bits per heavy atom. The number of anilines is 2. The summed E-state index contributed by atoms with van der Waals surface area (Å²) in [5.74, 6) is 0.462. The molecule has 2 amide bonds. The first-order chi connectivity index (χ1) is 11.5. The lowest BCUT2D eigenvalue weighted by molar-refractivity contribution is 0.229. The minimum atomic E-state index is -0.227. The van der Waals surface area contributed by atoms with Crippen molar-refractivity contribution in [1.29, 1.82) is 0 Å². The van der Waals surface area contributed by atoms with Gasteiger partial charge in [-0.25, -0.2) is 4.79 Å². The van der Waals surface area contributed by atoms with E-state index in [4.69, 9.17) is 17.3 Å². The summed E-state index contributed by atoms with van der Waals surface area (Å²) < 4.78 is 0. The maximum atomic E-state index is 12.4. The largest absolute Gasteiger partial charge is 0.370 e. The monoisotopic (exact) mass is 347 g/mol. The lowest BCUT2D eigenvalue weighted by Gasteiger charge is -2.25. The molecule has 3 N–H and O–H groups in total. The molecule has 1 saturated heterocycles. The van der Waals surface area contributed by atoms with Gasteiger partial charge in [-0.1, -0.05) is 11.6 Å². The molecule has 3 rings (SSSR count). The van der Waals surface area contributed by atoms with E-state index in [9.17, 15) is 4.79 Å². The van der Waals surface area contributed by atoms with E-state index in [1.165, 1.54) is 4.90 Å².